The minimum absolute atomic E-state index is 0. The van der Waals surface area contributed by atoms with E-state index in [9.17, 15) is 0 Å². The largest absolute Gasteiger partial charge is 0.493 e. The van der Waals surface area contributed by atoms with E-state index < -0.39 is 0 Å². The highest BCUT2D eigenvalue weighted by Gasteiger charge is 2.03. The summed E-state index contributed by atoms with van der Waals surface area (Å²) < 4.78 is 12.8. The summed E-state index contributed by atoms with van der Waals surface area (Å²) in [5.74, 6) is 1.57. The fourth-order valence-electron chi connectivity index (χ4n) is 2.89. The topological polar surface area (TPSA) is 72.2 Å². The summed E-state index contributed by atoms with van der Waals surface area (Å²) in [4.78, 5) is 9.30. The zero-order valence-electron chi connectivity index (χ0n) is 17.5. The molecule has 0 atom stereocenters. The number of methoxy groups -OCH3 is 1. The van der Waals surface area contributed by atoms with E-state index in [1.54, 1.807) is 7.11 Å². The number of hydrogen-bond acceptors (Lipinski definition) is 4. The van der Waals surface area contributed by atoms with Crippen molar-refractivity contribution >= 4 is 41.3 Å². The molecule has 0 unspecified atom stereocenters. The fourth-order valence-corrected chi connectivity index (χ4v) is 2.89. The maximum Gasteiger partial charge on any atom is 0.195 e. The molecule has 3 aromatic rings. The maximum absolute atomic E-state index is 5.77. The number of rotatable bonds is 10. The molecule has 30 heavy (non-hydrogen) atoms. The van der Waals surface area contributed by atoms with Crippen molar-refractivity contribution in [2.45, 2.75) is 19.8 Å². The van der Waals surface area contributed by atoms with Crippen LogP contribution in [0.15, 0.2) is 59.9 Å². The normalized spacial score (nSPS) is 11.2. The molecule has 0 aliphatic rings. The van der Waals surface area contributed by atoms with Gasteiger partial charge >= 0.3 is 0 Å². The Morgan fingerprint density at radius 1 is 1.17 bits per heavy atom. The standard InChI is InChI=1S/C22H29N5O2.HI/c1-3-23-22(24-12-11-19-17-27-13-5-4-10-21(27)25-19)26-18-8-6-9-20(16-18)29-15-7-14-28-2;/h4-6,8-10,13,16-17H,3,7,11-12,14-15H2,1-2H3,(H2,23,24,26);1H. The first kappa shape index (κ1) is 23.9. The van der Waals surface area contributed by atoms with Crippen LogP contribution in [0.4, 0.5) is 5.69 Å². The zero-order valence-corrected chi connectivity index (χ0v) is 19.8. The molecule has 0 aliphatic carbocycles. The van der Waals surface area contributed by atoms with Gasteiger partial charge in [0.15, 0.2) is 5.96 Å². The third-order valence-corrected chi connectivity index (χ3v) is 4.25. The van der Waals surface area contributed by atoms with Crippen molar-refractivity contribution in [3.63, 3.8) is 0 Å². The smallest absolute Gasteiger partial charge is 0.195 e. The number of hydrogen-bond donors (Lipinski definition) is 2. The summed E-state index contributed by atoms with van der Waals surface area (Å²) in [6.07, 6.45) is 5.70. The molecule has 1 aromatic carbocycles. The molecule has 0 fully saturated rings. The molecule has 3 rings (SSSR count). The lowest BCUT2D eigenvalue weighted by atomic mass is 10.3. The van der Waals surface area contributed by atoms with E-state index in [1.165, 1.54) is 0 Å². The van der Waals surface area contributed by atoms with E-state index in [4.69, 9.17) is 9.47 Å². The highest BCUT2D eigenvalue weighted by Crippen LogP contribution is 2.17. The second kappa shape index (κ2) is 13.1. The van der Waals surface area contributed by atoms with Gasteiger partial charge in [-0.25, -0.2) is 4.98 Å². The van der Waals surface area contributed by atoms with Crippen molar-refractivity contribution in [2.24, 2.45) is 4.99 Å². The monoisotopic (exact) mass is 523 g/mol. The van der Waals surface area contributed by atoms with Crippen LogP contribution < -0.4 is 15.4 Å². The first-order chi connectivity index (χ1) is 14.3. The van der Waals surface area contributed by atoms with Crippen molar-refractivity contribution in [3.05, 3.63) is 60.6 Å². The number of guanidine groups is 1. The first-order valence-corrected chi connectivity index (χ1v) is 9.98. The number of imidazole rings is 1. The Morgan fingerprint density at radius 3 is 2.87 bits per heavy atom. The van der Waals surface area contributed by atoms with E-state index >= 15 is 0 Å². The number of nitrogens with zero attached hydrogens (tertiary/aromatic N) is 3. The number of benzene rings is 1. The molecule has 0 bridgehead atoms. The van der Waals surface area contributed by atoms with Crippen LogP contribution in [0, 0.1) is 0 Å². The Balaban J connectivity index is 0.00000320. The molecule has 2 aromatic heterocycles. The van der Waals surface area contributed by atoms with Gasteiger partial charge in [0, 0.05) is 63.8 Å². The maximum atomic E-state index is 5.77. The van der Waals surface area contributed by atoms with Crippen LogP contribution in [0.3, 0.4) is 0 Å². The summed E-state index contributed by atoms with van der Waals surface area (Å²) >= 11 is 0. The summed E-state index contributed by atoms with van der Waals surface area (Å²) in [5.41, 5.74) is 2.92. The lowest BCUT2D eigenvalue weighted by molar-refractivity contribution is 0.172. The molecule has 0 spiro atoms. The molecule has 2 heterocycles. The molecule has 162 valence electrons. The van der Waals surface area contributed by atoms with Crippen molar-refractivity contribution in [1.82, 2.24) is 14.7 Å². The van der Waals surface area contributed by atoms with Gasteiger partial charge in [0.25, 0.3) is 0 Å². The lowest BCUT2D eigenvalue weighted by Gasteiger charge is -2.12. The van der Waals surface area contributed by atoms with Gasteiger partial charge < -0.3 is 24.5 Å². The molecular formula is C22H30IN5O2. The molecule has 0 saturated carbocycles. The molecule has 0 saturated heterocycles. The van der Waals surface area contributed by atoms with Crippen LogP contribution in [0.1, 0.15) is 19.0 Å². The second-order valence-electron chi connectivity index (χ2n) is 6.56. The molecule has 0 aliphatic heterocycles. The molecule has 7 nitrogen and oxygen atoms in total. The molecule has 0 radical (unpaired) electrons. The molecule has 0 amide bonds. The molecular weight excluding hydrogens is 493 g/mol. The van der Waals surface area contributed by atoms with Crippen molar-refractivity contribution < 1.29 is 9.47 Å². The Hall–Kier alpha value is -2.33. The SMILES string of the molecule is CCNC(=NCCc1cn2ccccc2n1)Nc1cccc(OCCCOC)c1.I. The number of fused-ring (bicyclic) bond motifs is 1. The molecule has 8 heteroatoms. The van der Waals surface area contributed by atoms with Crippen molar-refractivity contribution in [2.75, 3.05) is 38.7 Å². The van der Waals surface area contributed by atoms with E-state index in [0.29, 0.717) is 19.8 Å². The third kappa shape index (κ3) is 7.49. The van der Waals surface area contributed by atoms with E-state index in [1.807, 2.05) is 53.1 Å². The van der Waals surface area contributed by atoms with Crippen LogP contribution in [-0.2, 0) is 11.2 Å². The van der Waals surface area contributed by atoms with Gasteiger partial charge in [-0.3, -0.25) is 4.99 Å². The van der Waals surface area contributed by atoms with Crippen LogP contribution >= 0.6 is 24.0 Å². The number of anilines is 1. The minimum Gasteiger partial charge on any atom is -0.493 e. The van der Waals surface area contributed by atoms with Gasteiger partial charge in [-0.15, -0.1) is 24.0 Å². The lowest BCUT2D eigenvalue weighted by Crippen LogP contribution is -2.30. The van der Waals surface area contributed by atoms with E-state index in [0.717, 1.165) is 48.1 Å². The van der Waals surface area contributed by atoms with Crippen LogP contribution in [0.2, 0.25) is 0 Å². The summed E-state index contributed by atoms with van der Waals surface area (Å²) in [6, 6.07) is 13.9. The van der Waals surface area contributed by atoms with Gasteiger partial charge in [0.2, 0.25) is 0 Å². The highest BCUT2D eigenvalue weighted by atomic mass is 127. The average molecular weight is 523 g/mol. The number of halogens is 1. The Labute approximate surface area is 194 Å². The Morgan fingerprint density at radius 2 is 2.07 bits per heavy atom. The van der Waals surface area contributed by atoms with Gasteiger partial charge in [0.05, 0.1) is 12.3 Å². The van der Waals surface area contributed by atoms with Crippen molar-refractivity contribution in [3.8, 4) is 5.75 Å². The summed E-state index contributed by atoms with van der Waals surface area (Å²) in [5, 5.41) is 6.62. The predicted molar refractivity (Wildman–Crippen MR) is 132 cm³/mol. The highest BCUT2D eigenvalue weighted by molar-refractivity contribution is 14.0. The zero-order chi connectivity index (χ0) is 20.3. The predicted octanol–water partition coefficient (Wildman–Crippen LogP) is 3.99. The summed E-state index contributed by atoms with van der Waals surface area (Å²) in [6.45, 7) is 4.81. The van der Waals surface area contributed by atoms with Crippen molar-refractivity contribution in [1.29, 1.82) is 0 Å². The van der Waals surface area contributed by atoms with Gasteiger partial charge in [-0.2, -0.15) is 0 Å². The Kier molecular flexibility index (Phi) is 10.4. The van der Waals surface area contributed by atoms with Crippen LogP contribution in [-0.4, -0.2) is 48.8 Å². The second-order valence-corrected chi connectivity index (χ2v) is 6.56. The molecule has 2 N–H and O–H groups in total. The van der Waals surface area contributed by atoms with E-state index in [2.05, 4.69) is 33.7 Å². The summed E-state index contributed by atoms with van der Waals surface area (Å²) in [7, 11) is 1.70. The number of aromatic nitrogens is 2. The van der Waals surface area contributed by atoms with Gasteiger partial charge in [-0.1, -0.05) is 12.1 Å². The Bertz CT molecular complexity index is 896. The van der Waals surface area contributed by atoms with Gasteiger partial charge in [0.1, 0.15) is 11.4 Å². The van der Waals surface area contributed by atoms with Crippen LogP contribution in [0.25, 0.3) is 5.65 Å². The van der Waals surface area contributed by atoms with Gasteiger partial charge in [-0.05, 0) is 31.2 Å². The number of aliphatic imine (C=N–C) groups is 1. The average Bonchev–Trinajstić information content (AvgIpc) is 3.14. The van der Waals surface area contributed by atoms with E-state index in [-0.39, 0.29) is 24.0 Å². The fraction of sp³-hybridized carbons (Fsp3) is 0.364. The number of ether oxygens (including phenoxy) is 2. The van der Waals surface area contributed by atoms with Crippen LogP contribution in [0.5, 0.6) is 5.75 Å². The quantitative estimate of drug-likeness (QED) is 0.182. The third-order valence-electron chi connectivity index (χ3n) is 4.25. The first-order valence-electron chi connectivity index (χ1n) is 9.98. The number of pyridine rings is 1. The minimum atomic E-state index is 0. The number of nitrogens with one attached hydrogen (secondary N) is 2.